The molecule has 0 radical (unpaired) electrons. The third-order valence-electron chi connectivity index (χ3n) is 4.61. The number of hydrogen-bond donors (Lipinski definition) is 1. The first-order valence-corrected chi connectivity index (χ1v) is 11.2. The van der Waals surface area contributed by atoms with Gasteiger partial charge in [-0.15, -0.1) is 0 Å². The van der Waals surface area contributed by atoms with E-state index in [-0.39, 0.29) is 11.4 Å². The molecule has 2 aromatic carbocycles. The monoisotopic (exact) mass is 452 g/mol. The molecule has 0 aliphatic heterocycles. The van der Waals surface area contributed by atoms with E-state index in [2.05, 4.69) is 15.5 Å². The predicted octanol–water partition coefficient (Wildman–Crippen LogP) is 2.74. The van der Waals surface area contributed by atoms with E-state index in [1.54, 1.807) is 49.6 Å². The van der Waals surface area contributed by atoms with E-state index in [1.165, 1.54) is 25.5 Å². The van der Waals surface area contributed by atoms with Crippen molar-refractivity contribution in [2.24, 2.45) is 5.10 Å². The number of methoxy groups -OCH3 is 1. The Bertz CT molecular complexity index is 1180. The van der Waals surface area contributed by atoms with Gasteiger partial charge < -0.3 is 4.74 Å². The maximum atomic E-state index is 13.4. The Labute approximate surface area is 187 Å². The fourth-order valence-corrected chi connectivity index (χ4v) is 4.47. The van der Waals surface area contributed by atoms with Gasteiger partial charge in [-0.3, -0.25) is 9.78 Å². The number of pyridine rings is 1. The van der Waals surface area contributed by atoms with Crippen molar-refractivity contribution < 1.29 is 17.9 Å². The van der Waals surface area contributed by atoms with E-state index in [0.29, 0.717) is 16.9 Å². The summed E-state index contributed by atoms with van der Waals surface area (Å²) in [6.07, 6.45) is 4.66. The third-order valence-corrected chi connectivity index (χ3v) is 6.40. The Kier molecular flexibility index (Phi) is 7.69. The van der Waals surface area contributed by atoms with Gasteiger partial charge in [-0.05, 0) is 42.3 Å². The molecule has 0 aliphatic rings. The summed E-state index contributed by atoms with van der Waals surface area (Å²) in [7, 11) is -2.44. The molecule has 32 heavy (non-hydrogen) atoms. The molecule has 0 atom stereocenters. The minimum Gasteiger partial charge on any atom is -0.496 e. The molecular formula is C23H24N4O4S. The summed E-state index contributed by atoms with van der Waals surface area (Å²) < 4.78 is 33.1. The summed E-state index contributed by atoms with van der Waals surface area (Å²) in [5.74, 6) is 0.0240. The van der Waals surface area contributed by atoms with Gasteiger partial charge in [-0.2, -0.15) is 9.41 Å². The molecule has 3 rings (SSSR count). The zero-order chi connectivity index (χ0) is 23.0. The van der Waals surface area contributed by atoms with Crippen LogP contribution in [0, 0.1) is 6.92 Å². The molecule has 9 heteroatoms. The summed E-state index contributed by atoms with van der Waals surface area (Å²) in [4.78, 5) is 16.6. The lowest BCUT2D eigenvalue weighted by Gasteiger charge is -2.22. The van der Waals surface area contributed by atoms with E-state index in [9.17, 15) is 13.2 Å². The zero-order valence-electron chi connectivity index (χ0n) is 17.8. The van der Waals surface area contributed by atoms with Crippen molar-refractivity contribution in [1.82, 2.24) is 14.7 Å². The van der Waals surface area contributed by atoms with E-state index in [0.717, 1.165) is 9.87 Å². The van der Waals surface area contributed by atoms with Crippen molar-refractivity contribution in [3.8, 4) is 5.75 Å². The van der Waals surface area contributed by atoms with Crippen LogP contribution in [0.1, 0.15) is 16.7 Å². The molecule has 0 unspecified atom stereocenters. The highest BCUT2D eigenvalue weighted by Crippen LogP contribution is 2.24. The zero-order valence-corrected chi connectivity index (χ0v) is 18.6. The van der Waals surface area contributed by atoms with Gasteiger partial charge in [0.2, 0.25) is 10.0 Å². The molecule has 3 aromatic rings. The van der Waals surface area contributed by atoms with Gasteiger partial charge in [0.05, 0.1) is 24.8 Å². The normalized spacial score (nSPS) is 11.6. The fourth-order valence-electron chi connectivity index (χ4n) is 3.00. The van der Waals surface area contributed by atoms with E-state index >= 15 is 0 Å². The van der Waals surface area contributed by atoms with Crippen LogP contribution in [0.25, 0.3) is 0 Å². The van der Waals surface area contributed by atoms with Gasteiger partial charge in [0.15, 0.2) is 0 Å². The largest absolute Gasteiger partial charge is 0.496 e. The average Bonchev–Trinajstić information content (AvgIpc) is 2.80. The Balaban J connectivity index is 1.82. The lowest BCUT2D eigenvalue weighted by molar-refractivity contribution is -0.121. The number of carbonyl (C=O) groups is 1. The number of amides is 1. The van der Waals surface area contributed by atoms with Crippen molar-refractivity contribution in [2.75, 3.05) is 13.7 Å². The van der Waals surface area contributed by atoms with Crippen LogP contribution < -0.4 is 10.2 Å². The van der Waals surface area contributed by atoms with Crippen LogP contribution >= 0.6 is 0 Å². The highest BCUT2D eigenvalue weighted by atomic mass is 32.2. The number of aromatic nitrogens is 1. The van der Waals surface area contributed by atoms with Crippen LogP contribution in [-0.4, -0.2) is 43.5 Å². The minimum absolute atomic E-state index is 0.0357. The number of hydrogen-bond acceptors (Lipinski definition) is 6. The third kappa shape index (κ3) is 5.99. The molecular weight excluding hydrogens is 428 g/mol. The molecule has 0 aliphatic carbocycles. The molecule has 1 aromatic heterocycles. The first kappa shape index (κ1) is 23.1. The molecule has 0 saturated carbocycles. The number of ether oxygens (including phenoxy) is 1. The predicted molar refractivity (Wildman–Crippen MR) is 122 cm³/mol. The van der Waals surface area contributed by atoms with Crippen molar-refractivity contribution in [3.05, 3.63) is 89.7 Å². The average molecular weight is 453 g/mol. The summed E-state index contributed by atoms with van der Waals surface area (Å²) >= 11 is 0. The number of sulfonamides is 1. The second-order valence-corrected chi connectivity index (χ2v) is 8.91. The maximum Gasteiger partial charge on any atom is 0.255 e. The number of nitrogens with one attached hydrogen (secondary N) is 1. The van der Waals surface area contributed by atoms with Gasteiger partial charge in [0.1, 0.15) is 5.75 Å². The van der Waals surface area contributed by atoms with Gasteiger partial charge in [0, 0.05) is 24.5 Å². The number of aryl methyl sites for hydroxylation is 1. The Morgan fingerprint density at radius 3 is 2.59 bits per heavy atom. The summed E-state index contributed by atoms with van der Waals surface area (Å²) in [5.41, 5.74) is 4.52. The quantitative estimate of drug-likeness (QED) is 0.397. The van der Waals surface area contributed by atoms with Gasteiger partial charge in [-0.25, -0.2) is 13.8 Å². The van der Waals surface area contributed by atoms with E-state index in [4.69, 9.17) is 4.74 Å². The van der Waals surface area contributed by atoms with Crippen LogP contribution in [-0.2, 0) is 21.4 Å². The van der Waals surface area contributed by atoms with Crippen LogP contribution in [0.15, 0.2) is 83.1 Å². The molecule has 166 valence electrons. The number of benzene rings is 2. The molecule has 1 amide bonds. The summed E-state index contributed by atoms with van der Waals surface area (Å²) in [6, 6.07) is 17.2. The lowest BCUT2D eigenvalue weighted by atomic mass is 10.2. The molecule has 1 heterocycles. The molecule has 0 spiro atoms. The molecule has 0 bridgehead atoms. The van der Waals surface area contributed by atoms with Crippen molar-refractivity contribution >= 4 is 22.1 Å². The van der Waals surface area contributed by atoms with Crippen molar-refractivity contribution in [2.45, 2.75) is 18.4 Å². The summed E-state index contributed by atoms with van der Waals surface area (Å²) in [5, 5.41) is 3.89. The Morgan fingerprint density at radius 2 is 1.94 bits per heavy atom. The second kappa shape index (κ2) is 10.7. The first-order chi connectivity index (χ1) is 15.4. The standard InChI is InChI=1S/C23H24N4O4S/c1-18-13-21(10-11-22(18)31-2)32(29,30)27(16-19-7-4-3-5-8-19)17-23(28)26-25-15-20-9-6-12-24-14-20/h3-15H,16-17H2,1-2H3,(H,26,28). The van der Waals surface area contributed by atoms with Crippen LogP contribution in [0.5, 0.6) is 5.75 Å². The van der Waals surface area contributed by atoms with Crippen LogP contribution in [0.3, 0.4) is 0 Å². The van der Waals surface area contributed by atoms with Gasteiger partial charge in [-0.1, -0.05) is 36.4 Å². The first-order valence-electron chi connectivity index (χ1n) is 9.81. The molecule has 0 fully saturated rings. The smallest absolute Gasteiger partial charge is 0.255 e. The summed E-state index contributed by atoms with van der Waals surface area (Å²) in [6.45, 7) is 1.40. The van der Waals surface area contributed by atoms with Crippen molar-refractivity contribution in [3.63, 3.8) is 0 Å². The topological polar surface area (TPSA) is 101 Å². The van der Waals surface area contributed by atoms with Gasteiger partial charge in [0.25, 0.3) is 5.91 Å². The molecule has 0 saturated heterocycles. The van der Waals surface area contributed by atoms with Gasteiger partial charge >= 0.3 is 0 Å². The lowest BCUT2D eigenvalue weighted by Crippen LogP contribution is -2.39. The molecule has 8 nitrogen and oxygen atoms in total. The van der Waals surface area contributed by atoms with E-state index in [1.807, 2.05) is 18.2 Å². The fraction of sp³-hybridized carbons (Fsp3) is 0.174. The van der Waals surface area contributed by atoms with Crippen molar-refractivity contribution in [1.29, 1.82) is 0 Å². The Morgan fingerprint density at radius 1 is 1.16 bits per heavy atom. The highest BCUT2D eigenvalue weighted by Gasteiger charge is 2.27. The molecule has 1 N–H and O–H groups in total. The highest BCUT2D eigenvalue weighted by molar-refractivity contribution is 7.89. The SMILES string of the molecule is COc1ccc(S(=O)(=O)N(CC(=O)NN=Cc2cccnc2)Cc2ccccc2)cc1C. The number of nitrogens with zero attached hydrogens (tertiary/aromatic N) is 3. The van der Waals surface area contributed by atoms with E-state index < -0.39 is 22.5 Å². The Hall–Kier alpha value is -3.56. The van der Waals surface area contributed by atoms with Crippen LogP contribution in [0.4, 0.5) is 0 Å². The minimum atomic E-state index is -3.96. The number of hydrazone groups is 1. The number of rotatable bonds is 9. The maximum absolute atomic E-state index is 13.4. The second-order valence-electron chi connectivity index (χ2n) is 6.97. The number of carbonyl (C=O) groups excluding carboxylic acids is 1. The van der Waals surface area contributed by atoms with Crippen LogP contribution in [0.2, 0.25) is 0 Å².